The quantitative estimate of drug-likeness (QED) is 0.269. The standard InChI is InChI=1S/C22H20ClF3N6O2S/c1-4-27-18(33)11-7-10(5-6-14(11)23)31-21(2,3)19(34)30-20-29-16-13(22(24,25)26)8-15-12(9-28-32-15)17(16)35-20/h5-9,31H,4H2,1-3H3,(H,27,33)(H,28,32)(H,29,30,34). The van der Waals surface area contributed by atoms with Gasteiger partial charge in [0.1, 0.15) is 5.54 Å². The first kappa shape index (κ1) is 24.7. The average Bonchev–Trinajstić information content (AvgIpc) is 3.40. The summed E-state index contributed by atoms with van der Waals surface area (Å²) in [6.07, 6.45) is -3.22. The van der Waals surface area contributed by atoms with Gasteiger partial charge < -0.3 is 10.6 Å². The fraction of sp³-hybridized carbons (Fsp3) is 0.273. The van der Waals surface area contributed by atoms with Crippen LogP contribution in [-0.4, -0.2) is 39.1 Å². The molecule has 0 aliphatic heterocycles. The Morgan fingerprint density at radius 1 is 1.20 bits per heavy atom. The lowest BCUT2D eigenvalue weighted by molar-refractivity contribution is -0.136. The molecule has 0 unspecified atom stereocenters. The van der Waals surface area contributed by atoms with Gasteiger partial charge in [0.2, 0.25) is 0 Å². The van der Waals surface area contributed by atoms with E-state index in [4.69, 9.17) is 11.6 Å². The Morgan fingerprint density at radius 2 is 1.94 bits per heavy atom. The molecule has 0 atom stereocenters. The van der Waals surface area contributed by atoms with E-state index in [-0.39, 0.29) is 37.4 Å². The van der Waals surface area contributed by atoms with Crippen molar-refractivity contribution in [3.8, 4) is 0 Å². The number of carbonyl (C=O) groups excluding carboxylic acids is 2. The topological polar surface area (TPSA) is 112 Å². The minimum absolute atomic E-state index is 0.0122. The van der Waals surface area contributed by atoms with Crippen LogP contribution < -0.4 is 16.0 Å². The second kappa shape index (κ2) is 9.00. The van der Waals surface area contributed by atoms with E-state index < -0.39 is 23.2 Å². The molecule has 2 aromatic carbocycles. The first-order valence-corrected chi connectivity index (χ1v) is 11.6. The number of fused-ring (bicyclic) bond motifs is 3. The van der Waals surface area contributed by atoms with Crippen molar-refractivity contribution in [1.29, 1.82) is 0 Å². The number of hydrogen-bond acceptors (Lipinski definition) is 6. The lowest BCUT2D eigenvalue weighted by atomic mass is 10.0. The molecule has 0 radical (unpaired) electrons. The smallest absolute Gasteiger partial charge is 0.372 e. The molecular formula is C22H20ClF3N6O2S. The van der Waals surface area contributed by atoms with Crippen LogP contribution in [0.4, 0.5) is 24.0 Å². The van der Waals surface area contributed by atoms with Gasteiger partial charge in [-0.25, -0.2) is 4.98 Å². The van der Waals surface area contributed by atoms with Gasteiger partial charge in [0.25, 0.3) is 11.8 Å². The van der Waals surface area contributed by atoms with Crippen molar-refractivity contribution >= 4 is 66.7 Å². The molecule has 4 rings (SSSR count). The second-order valence-corrected chi connectivity index (χ2v) is 9.61. The van der Waals surface area contributed by atoms with Crippen molar-refractivity contribution in [3.63, 3.8) is 0 Å². The lowest BCUT2D eigenvalue weighted by Crippen LogP contribution is -2.44. The molecule has 8 nitrogen and oxygen atoms in total. The third-order valence-electron chi connectivity index (χ3n) is 5.18. The van der Waals surface area contributed by atoms with Gasteiger partial charge in [0.15, 0.2) is 5.13 Å². The van der Waals surface area contributed by atoms with Gasteiger partial charge in [0, 0.05) is 17.6 Å². The van der Waals surface area contributed by atoms with Gasteiger partial charge in [-0.3, -0.25) is 20.0 Å². The monoisotopic (exact) mass is 524 g/mol. The van der Waals surface area contributed by atoms with E-state index >= 15 is 0 Å². The maximum Gasteiger partial charge on any atom is 0.418 e. The molecule has 0 aliphatic carbocycles. The number of aromatic nitrogens is 3. The van der Waals surface area contributed by atoms with Gasteiger partial charge in [-0.2, -0.15) is 18.3 Å². The molecule has 2 aromatic heterocycles. The number of carbonyl (C=O) groups is 2. The number of amides is 2. The number of alkyl halides is 3. The number of H-pyrrole nitrogens is 1. The molecule has 0 saturated heterocycles. The summed E-state index contributed by atoms with van der Waals surface area (Å²) < 4.78 is 41.1. The Balaban J connectivity index is 1.61. The summed E-state index contributed by atoms with van der Waals surface area (Å²) in [6.45, 7) is 5.37. The van der Waals surface area contributed by atoms with E-state index in [9.17, 15) is 22.8 Å². The molecule has 2 heterocycles. The first-order chi connectivity index (χ1) is 16.4. The van der Waals surface area contributed by atoms with Gasteiger partial charge in [-0.1, -0.05) is 22.9 Å². The van der Waals surface area contributed by atoms with Crippen LogP contribution >= 0.6 is 22.9 Å². The number of nitrogens with zero attached hydrogens (tertiary/aromatic N) is 2. The molecule has 35 heavy (non-hydrogen) atoms. The zero-order valence-electron chi connectivity index (χ0n) is 18.7. The number of benzene rings is 2. The minimum Gasteiger partial charge on any atom is -0.372 e. The molecule has 0 spiro atoms. The third-order valence-corrected chi connectivity index (χ3v) is 6.52. The number of halogens is 4. The van der Waals surface area contributed by atoms with Gasteiger partial charge >= 0.3 is 6.18 Å². The summed E-state index contributed by atoms with van der Waals surface area (Å²) >= 11 is 7.05. The van der Waals surface area contributed by atoms with Crippen molar-refractivity contribution in [3.05, 3.63) is 46.6 Å². The molecule has 0 aliphatic rings. The van der Waals surface area contributed by atoms with Crippen LogP contribution in [0.2, 0.25) is 5.02 Å². The molecule has 4 N–H and O–H groups in total. The van der Waals surface area contributed by atoms with Gasteiger partial charge in [-0.15, -0.1) is 0 Å². The minimum atomic E-state index is -4.63. The predicted octanol–water partition coefficient (Wildman–Crippen LogP) is 5.42. The van der Waals surface area contributed by atoms with E-state index in [0.717, 1.165) is 17.4 Å². The summed E-state index contributed by atoms with van der Waals surface area (Å²) in [5, 5.41) is 15.4. The van der Waals surface area contributed by atoms with Crippen LogP contribution in [0.15, 0.2) is 30.5 Å². The molecule has 0 saturated carbocycles. The highest BCUT2D eigenvalue weighted by Gasteiger charge is 2.36. The number of aromatic amines is 1. The number of hydrogen-bond donors (Lipinski definition) is 4. The highest BCUT2D eigenvalue weighted by atomic mass is 35.5. The summed E-state index contributed by atoms with van der Waals surface area (Å²) in [6, 6.07) is 5.62. The van der Waals surface area contributed by atoms with Crippen LogP contribution in [0.3, 0.4) is 0 Å². The number of anilines is 2. The largest absolute Gasteiger partial charge is 0.418 e. The third kappa shape index (κ3) is 4.89. The number of thiazole rings is 1. The van der Waals surface area contributed by atoms with Crippen LogP contribution in [0.5, 0.6) is 0 Å². The van der Waals surface area contributed by atoms with Crippen LogP contribution in [-0.2, 0) is 11.0 Å². The number of nitrogens with one attached hydrogen (secondary N) is 4. The molecular weight excluding hydrogens is 505 g/mol. The first-order valence-electron chi connectivity index (χ1n) is 10.4. The molecule has 13 heteroatoms. The average molecular weight is 525 g/mol. The van der Waals surface area contributed by atoms with E-state index in [1.807, 2.05) is 0 Å². The van der Waals surface area contributed by atoms with Crippen molar-refractivity contribution in [1.82, 2.24) is 20.5 Å². The van der Waals surface area contributed by atoms with Crippen molar-refractivity contribution in [2.45, 2.75) is 32.5 Å². The highest BCUT2D eigenvalue weighted by Crippen LogP contribution is 2.41. The van der Waals surface area contributed by atoms with Crippen molar-refractivity contribution in [2.24, 2.45) is 0 Å². The lowest BCUT2D eigenvalue weighted by Gasteiger charge is -2.26. The van der Waals surface area contributed by atoms with Crippen molar-refractivity contribution < 1.29 is 22.8 Å². The summed E-state index contributed by atoms with van der Waals surface area (Å²) in [5.41, 5.74) is -1.48. The predicted molar refractivity (Wildman–Crippen MR) is 130 cm³/mol. The maximum absolute atomic E-state index is 13.6. The van der Waals surface area contributed by atoms with E-state index in [1.54, 1.807) is 26.8 Å². The summed E-state index contributed by atoms with van der Waals surface area (Å²) in [4.78, 5) is 29.3. The normalized spacial score (nSPS) is 12.2. The van der Waals surface area contributed by atoms with Crippen molar-refractivity contribution in [2.75, 3.05) is 17.2 Å². The highest BCUT2D eigenvalue weighted by molar-refractivity contribution is 7.23. The van der Waals surface area contributed by atoms with Gasteiger partial charge in [0.05, 0.1) is 38.1 Å². The van der Waals surface area contributed by atoms with E-state index in [2.05, 4.69) is 31.1 Å². The Kier molecular flexibility index (Phi) is 6.36. The Hall–Kier alpha value is -3.38. The molecule has 0 bridgehead atoms. The maximum atomic E-state index is 13.6. The molecule has 2 amide bonds. The second-order valence-electron chi connectivity index (χ2n) is 8.21. The van der Waals surface area contributed by atoms with Crippen LogP contribution in [0, 0.1) is 0 Å². The Morgan fingerprint density at radius 3 is 2.63 bits per heavy atom. The van der Waals surface area contributed by atoms with E-state index in [0.29, 0.717) is 17.6 Å². The number of rotatable bonds is 6. The molecule has 0 fully saturated rings. The SMILES string of the molecule is CCNC(=O)c1cc(NC(C)(C)C(=O)Nc2nc3c(C(F)(F)F)cc4[nH]ncc4c3s2)ccc1Cl. The van der Waals surface area contributed by atoms with E-state index in [1.165, 1.54) is 18.3 Å². The molecule has 184 valence electrons. The summed E-state index contributed by atoms with van der Waals surface area (Å²) in [7, 11) is 0. The Labute approximate surface area is 206 Å². The zero-order valence-corrected chi connectivity index (χ0v) is 20.3. The zero-order chi connectivity index (χ0) is 25.5. The fourth-order valence-electron chi connectivity index (χ4n) is 3.46. The Bertz CT molecular complexity index is 1450. The van der Waals surface area contributed by atoms with Crippen LogP contribution in [0.1, 0.15) is 36.7 Å². The summed E-state index contributed by atoms with van der Waals surface area (Å²) in [5.74, 6) is -0.896. The fourth-order valence-corrected chi connectivity index (χ4v) is 4.66. The van der Waals surface area contributed by atoms with Gasteiger partial charge in [-0.05, 0) is 45.0 Å². The molecule has 4 aromatic rings. The van der Waals surface area contributed by atoms with Crippen LogP contribution in [0.25, 0.3) is 21.1 Å².